The largest absolute Gasteiger partial charge is 0.462 e. The van der Waals surface area contributed by atoms with Gasteiger partial charge in [0, 0.05) is 12.8 Å². The fourth-order valence-corrected chi connectivity index (χ4v) is 8.09. The van der Waals surface area contributed by atoms with Gasteiger partial charge in [-0.05, 0) is 64.2 Å². The first kappa shape index (κ1) is 60.1. The molecule has 7 N–H and O–H groups in total. The number of aliphatic hydroxyl groups excluding tert-OH is 7. The number of carbonyl (C=O) groups is 2. The van der Waals surface area contributed by atoms with Crippen molar-refractivity contribution in [3.63, 3.8) is 0 Å². The molecule has 15 nitrogen and oxygen atoms in total. The third-order valence-corrected chi connectivity index (χ3v) is 12.4. The van der Waals surface area contributed by atoms with Gasteiger partial charge in [-0.15, -0.1) is 0 Å². The minimum atomic E-state index is -1.77. The van der Waals surface area contributed by atoms with Gasteiger partial charge in [0.15, 0.2) is 18.7 Å². The van der Waals surface area contributed by atoms with Crippen LogP contribution in [0.1, 0.15) is 194 Å². The Labute approximate surface area is 396 Å². The van der Waals surface area contributed by atoms with Crippen LogP contribution >= 0.6 is 0 Å². The van der Waals surface area contributed by atoms with Crippen molar-refractivity contribution >= 4 is 11.9 Å². The highest BCUT2D eigenvalue weighted by molar-refractivity contribution is 5.70. The second-order valence-electron chi connectivity index (χ2n) is 18.3. The van der Waals surface area contributed by atoms with Crippen LogP contribution in [0.2, 0.25) is 0 Å². The average Bonchev–Trinajstić information content (AvgIpc) is 3.31. The number of rotatable bonds is 40. The van der Waals surface area contributed by atoms with Crippen molar-refractivity contribution in [3.05, 3.63) is 24.3 Å². The number of ether oxygens (including phenoxy) is 6. The van der Waals surface area contributed by atoms with E-state index < -0.39 is 92.7 Å². The molecule has 2 aliphatic rings. The number of allylic oxidation sites excluding steroid dienone is 4. The van der Waals surface area contributed by atoms with Crippen LogP contribution in [0.4, 0.5) is 0 Å². The van der Waals surface area contributed by atoms with Crippen molar-refractivity contribution in [1.82, 2.24) is 0 Å². The lowest BCUT2D eigenvalue weighted by Gasteiger charge is -2.42. The van der Waals surface area contributed by atoms with Gasteiger partial charge in [-0.25, -0.2) is 0 Å². The molecule has 11 atom stereocenters. The lowest BCUT2D eigenvalue weighted by molar-refractivity contribution is -0.332. The van der Waals surface area contributed by atoms with E-state index in [-0.39, 0.29) is 26.1 Å². The van der Waals surface area contributed by atoms with E-state index in [2.05, 4.69) is 38.2 Å². The zero-order chi connectivity index (χ0) is 48.2. The summed E-state index contributed by atoms with van der Waals surface area (Å²) in [7, 11) is 0. The van der Waals surface area contributed by atoms with E-state index >= 15 is 0 Å². The molecule has 66 heavy (non-hydrogen) atoms. The summed E-state index contributed by atoms with van der Waals surface area (Å²) in [6, 6.07) is 0. The Balaban J connectivity index is 1.82. The molecule has 0 bridgehead atoms. The Morgan fingerprint density at radius 2 is 0.864 bits per heavy atom. The smallest absolute Gasteiger partial charge is 0.306 e. The van der Waals surface area contributed by atoms with Crippen LogP contribution < -0.4 is 0 Å². The number of carbonyl (C=O) groups excluding carboxylic acids is 2. The van der Waals surface area contributed by atoms with E-state index in [9.17, 15) is 45.3 Å². The molecule has 0 aromatic heterocycles. The number of esters is 2. The van der Waals surface area contributed by atoms with Crippen LogP contribution in [-0.2, 0) is 38.0 Å². The first-order valence-electron chi connectivity index (χ1n) is 25.9. The quantitative estimate of drug-likeness (QED) is 0.0184. The molecule has 0 radical (unpaired) electrons. The third-order valence-electron chi connectivity index (χ3n) is 12.4. The minimum Gasteiger partial charge on any atom is -0.462 e. The van der Waals surface area contributed by atoms with Gasteiger partial charge < -0.3 is 64.2 Å². The van der Waals surface area contributed by atoms with Crippen LogP contribution in [0.5, 0.6) is 0 Å². The maximum atomic E-state index is 13.0. The van der Waals surface area contributed by atoms with Gasteiger partial charge in [0.2, 0.25) is 0 Å². The van der Waals surface area contributed by atoms with Crippen molar-refractivity contribution < 1.29 is 73.8 Å². The van der Waals surface area contributed by atoms with Gasteiger partial charge in [0.25, 0.3) is 0 Å². The Morgan fingerprint density at radius 3 is 1.35 bits per heavy atom. The zero-order valence-corrected chi connectivity index (χ0v) is 40.7. The van der Waals surface area contributed by atoms with E-state index in [1.807, 2.05) is 0 Å². The van der Waals surface area contributed by atoms with Crippen molar-refractivity contribution in [2.75, 3.05) is 26.4 Å². The lowest BCUT2D eigenvalue weighted by Crippen LogP contribution is -2.61. The molecule has 2 fully saturated rings. The van der Waals surface area contributed by atoms with Crippen LogP contribution in [0.25, 0.3) is 0 Å². The molecular weight excluding hydrogens is 853 g/mol. The standard InChI is InChI=1S/C51H92O15/c1-3-5-7-9-11-13-15-17-19-21-23-25-27-29-31-33-42(53)61-36-39(64-43(54)34-32-30-28-26-24-22-20-18-16-14-12-10-8-6-4-2)37-62-50-49(60)47(58)45(56)41(66-50)38-63-51-48(59)46(57)44(55)40(35-52)65-51/h17,19,22,24,39-41,44-52,55-60H,3-16,18,20-21,23,25-38H2,1-2H3/b19-17+,24-22+/t39-,40-,41-,44+,45+,46?,47?,48?,49?,50-,51-/m1/s1. The summed E-state index contributed by atoms with van der Waals surface area (Å²) in [5.74, 6) is -0.949. The fourth-order valence-electron chi connectivity index (χ4n) is 8.09. The molecule has 0 amide bonds. The van der Waals surface area contributed by atoms with Crippen LogP contribution in [0.3, 0.4) is 0 Å². The SMILES string of the molecule is CCCCCCCC/C=C/CCCCCCCC(=O)OC[C@H](CO[C@@H]1O[C@H](CO[C@@H]2O[C@H](CO)[C@H](O)C(O)C2O)[C@H](O)C(O)C1O)OC(=O)CCCCC/C=C/CCCCCCCCCC. The fraction of sp³-hybridized carbons (Fsp3) is 0.882. The summed E-state index contributed by atoms with van der Waals surface area (Å²) in [6.07, 6.45) is 22.1. The predicted octanol–water partition coefficient (Wildman–Crippen LogP) is 7.16. The van der Waals surface area contributed by atoms with Gasteiger partial charge >= 0.3 is 11.9 Å². The van der Waals surface area contributed by atoms with E-state index in [4.69, 9.17) is 28.4 Å². The topological polar surface area (TPSA) is 231 Å². The van der Waals surface area contributed by atoms with Gasteiger partial charge in [-0.3, -0.25) is 9.59 Å². The highest BCUT2D eigenvalue weighted by Gasteiger charge is 2.47. The van der Waals surface area contributed by atoms with E-state index in [1.54, 1.807) is 0 Å². The van der Waals surface area contributed by atoms with Crippen LogP contribution in [0, 0.1) is 0 Å². The molecule has 2 aliphatic heterocycles. The average molecular weight is 945 g/mol. The Kier molecular flexibility index (Phi) is 35.3. The van der Waals surface area contributed by atoms with E-state index in [0.29, 0.717) is 12.8 Å². The minimum absolute atomic E-state index is 0.145. The lowest BCUT2D eigenvalue weighted by atomic mass is 9.98. The summed E-state index contributed by atoms with van der Waals surface area (Å²) < 4.78 is 33.5. The van der Waals surface area contributed by atoms with Crippen LogP contribution in [-0.4, -0.2) is 142 Å². The molecule has 386 valence electrons. The molecule has 0 aromatic carbocycles. The third kappa shape index (κ3) is 26.7. The normalized spacial score (nSPS) is 26.3. The van der Waals surface area contributed by atoms with Crippen molar-refractivity contribution in [2.45, 2.75) is 261 Å². The Morgan fingerprint density at radius 1 is 0.470 bits per heavy atom. The maximum absolute atomic E-state index is 13.0. The maximum Gasteiger partial charge on any atom is 0.306 e. The Hall–Kier alpha value is -2.02. The van der Waals surface area contributed by atoms with Crippen molar-refractivity contribution in [3.8, 4) is 0 Å². The molecule has 0 saturated carbocycles. The van der Waals surface area contributed by atoms with Gasteiger partial charge in [0.05, 0.1) is 19.8 Å². The number of unbranched alkanes of at least 4 members (excludes halogenated alkanes) is 22. The molecule has 4 unspecified atom stereocenters. The summed E-state index contributed by atoms with van der Waals surface area (Å²) in [6.45, 7) is 2.57. The molecule has 15 heteroatoms. The molecular formula is C51H92O15. The first-order valence-corrected chi connectivity index (χ1v) is 25.9. The number of hydrogen-bond donors (Lipinski definition) is 7. The van der Waals surface area contributed by atoms with Crippen molar-refractivity contribution in [2.24, 2.45) is 0 Å². The molecule has 0 spiro atoms. The summed E-state index contributed by atoms with van der Waals surface area (Å²) in [5.41, 5.74) is 0. The van der Waals surface area contributed by atoms with E-state index in [1.165, 1.54) is 89.9 Å². The summed E-state index contributed by atoms with van der Waals surface area (Å²) in [4.78, 5) is 25.7. The number of aliphatic hydroxyl groups is 7. The molecule has 2 heterocycles. The van der Waals surface area contributed by atoms with Gasteiger partial charge in [-0.1, -0.05) is 141 Å². The molecule has 2 rings (SSSR count). The second kappa shape index (κ2) is 38.8. The molecule has 0 aromatic rings. The molecule has 2 saturated heterocycles. The number of hydrogen-bond acceptors (Lipinski definition) is 15. The first-order chi connectivity index (χ1) is 32.0. The highest BCUT2D eigenvalue weighted by atomic mass is 16.7. The monoisotopic (exact) mass is 945 g/mol. The zero-order valence-electron chi connectivity index (χ0n) is 40.7. The Bertz CT molecular complexity index is 1250. The molecule has 0 aliphatic carbocycles. The van der Waals surface area contributed by atoms with Gasteiger partial charge in [-0.2, -0.15) is 0 Å². The van der Waals surface area contributed by atoms with Gasteiger partial charge in [0.1, 0.15) is 55.4 Å². The summed E-state index contributed by atoms with van der Waals surface area (Å²) >= 11 is 0. The summed E-state index contributed by atoms with van der Waals surface area (Å²) in [5, 5.41) is 72.0. The van der Waals surface area contributed by atoms with E-state index in [0.717, 1.165) is 64.2 Å². The second-order valence-corrected chi connectivity index (χ2v) is 18.3. The van der Waals surface area contributed by atoms with Crippen molar-refractivity contribution in [1.29, 1.82) is 0 Å². The predicted molar refractivity (Wildman–Crippen MR) is 252 cm³/mol. The van der Waals surface area contributed by atoms with Crippen LogP contribution in [0.15, 0.2) is 24.3 Å². The highest BCUT2D eigenvalue weighted by Crippen LogP contribution is 2.26.